The first-order valence-corrected chi connectivity index (χ1v) is 10.7. The summed E-state index contributed by atoms with van der Waals surface area (Å²) < 4.78 is 29.1. The summed E-state index contributed by atoms with van der Waals surface area (Å²) in [6.45, 7) is 8.34. The highest BCUT2D eigenvalue weighted by atomic mass is 32.2. The molecule has 2 aromatic rings. The van der Waals surface area contributed by atoms with Crippen LogP contribution in [-0.4, -0.2) is 26.7 Å². The van der Waals surface area contributed by atoms with E-state index in [0.29, 0.717) is 29.5 Å². The van der Waals surface area contributed by atoms with Gasteiger partial charge in [0.15, 0.2) is 0 Å². The molecule has 1 N–H and O–H groups in total. The smallest absolute Gasteiger partial charge is 0.286 e. The molecule has 6 nitrogen and oxygen atoms in total. The second-order valence-corrected chi connectivity index (χ2v) is 8.98. The van der Waals surface area contributed by atoms with E-state index in [1.165, 1.54) is 6.07 Å². The number of hydrogen-bond donors (Lipinski definition) is 1. The van der Waals surface area contributed by atoms with Gasteiger partial charge in [0.25, 0.3) is 15.9 Å². The molecular formula is C21H25N3O3S. The van der Waals surface area contributed by atoms with Crippen LogP contribution in [0.15, 0.2) is 57.8 Å². The average molecular weight is 400 g/mol. The largest absolute Gasteiger partial charge is 0.346 e. The molecule has 0 spiro atoms. The van der Waals surface area contributed by atoms with Gasteiger partial charge in [0, 0.05) is 12.1 Å². The quantitative estimate of drug-likeness (QED) is 0.830. The molecule has 0 saturated carbocycles. The highest BCUT2D eigenvalue weighted by Gasteiger charge is 2.30. The standard InChI is InChI=1S/C21H25N3O3S/c1-14(2)13-24-16(4)23-28(26,27)20-12-18(10-11-19(20)24)21(25)22-15(3)17-8-6-5-7-9-17/h5-12,14-15H,13H2,1-4H3,(H,22,25)/t15-/m1/s1. The first-order chi connectivity index (χ1) is 13.2. The lowest BCUT2D eigenvalue weighted by atomic mass is 10.1. The van der Waals surface area contributed by atoms with E-state index in [4.69, 9.17) is 0 Å². The Morgan fingerprint density at radius 2 is 1.79 bits per heavy atom. The van der Waals surface area contributed by atoms with E-state index < -0.39 is 10.0 Å². The predicted molar refractivity (Wildman–Crippen MR) is 111 cm³/mol. The third-order valence-corrected chi connectivity index (χ3v) is 6.02. The van der Waals surface area contributed by atoms with Crippen LogP contribution in [-0.2, 0) is 10.0 Å². The topological polar surface area (TPSA) is 78.8 Å². The van der Waals surface area contributed by atoms with Gasteiger partial charge in [-0.1, -0.05) is 44.2 Å². The zero-order valence-electron chi connectivity index (χ0n) is 16.5. The van der Waals surface area contributed by atoms with Crippen molar-refractivity contribution in [1.82, 2.24) is 5.32 Å². The molecule has 1 heterocycles. The number of nitrogens with zero attached hydrogens (tertiary/aromatic N) is 2. The Morgan fingerprint density at radius 1 is 1.11 bits per heavy atom. The van der Waals surface area contributed by atoms with Gasteiger partial charge in [0.1, 0.15) is 10.7 Å². The monoisotopic (exact) mass is 399 g/mol. The molecule has 0 aliphatic carbocycles. The third-order valence-electron chi connectivity index (χ3n) is 4.63. The van der Waals surface area contributed by atoms with E-state index in [-0.39, 0.29) is 16.8 Å². The second-order valence-electron chi connectivity index (χ2n) is 7.41. The SMILES string of the molecule is CC1=NS(=O)(=O)c2cc(C(=O)N[C@H](C)c3ccccc3)ccc2N1CC(C)C. The summed E-state index contributed by atoms with van der Waals surface area (Å²) >= 11 is 0. The highest BCUT2D eigenvalue weighted by molar-refractivity contribution is 7.90. The first-order valence-electron chi connectivity index (χ1n) is 9.28. The highest BCUT2D eigenvalue weighted by Crippen LogP contribution is 2.33. The van der Waals surface area contributed by atoms with Crippen LogP contribution in [0, 0.1) is 5.92 Å². The fourth-order valence-corrected chi connectivity index (χ4v) is 4.50. The number of hydrogen-bond acceptors (Lipinski definition) is 4. The van der Waals surface area contributed by atoms with E-state index in [0.717, 1.165) is 5.56 Å². The summed E-state index contributed by atoms with van der Waals surface area (Å²) in [6, 6.07) is 14.2. The molecule has 0 unspecified atom stereocenters. The van der Waals surface area contributed by atoms with E-state index in [1.54, 1.807) is 19.1 Å². The van der Waals surface area contributed by atoms with Gasteiger partial charge in [-0.05, 0) is 43.5 Å². The number of rotatable bonds is 5. The van der Waals surface area contributed by atoms with Gasteiger partial charge in [-0.15, -0.1) is 4.40 Å². The van der Waals surface area contributed by atoms with Crippen molar-refractivity contribution in [3.05, 3.63) is 59.7 Å². The molecule has 1 aliphatic heterocycles. The van der Waals surface area contributed by atoms with E-state index in [1.807, 2.05) is 42.2 Å². The van der Waals surface area contributed by atoms with Gasteiger partial charge in [-0.2, -0.15) is 8.42 Å². The van der Waals surface area contributed by atoms with Crippen molar-refractivity contribution in [3.8, 4) is 0 Å². The summed E-state index contributed by atoms with van der Waals surface area (Å²) in [5, 5.41) is 2.92. The van der Waals surface area contributed by atoms with Crippen LogP contribution < -0.4 is 10.2 Å². The van der Waals surface area contributed by atoms with Crippen molar-refractivity contribution in [2.75, 3.05) is 11.4 Å². The first kappa shape index (κ1) is 20.1. The molecule has 3 rings (SSSR count). The van der Waals surface area contributed by atoms with Gasteiger partial charge in [-0.25, -0.2) is 0 Å². The fourth-order valence-electron chi connectivity index (χ4n) is 3.23. The van der Waals surface area contributed by atoms with E-state index in [2.05, 4.69) is 23.6 Å². The van der Waals surface area contributed by atoms with Crippen LogP contribution in [0.4, 0.5) is 5.69 Å². The summed E-state index contributed by atoms with van der Waals surface area (Å²) in [4.78, 5) is 14.6. The van der Waals surface area contributed by atoms with Crippen molar-refractivity contribution in [2.45, 2.75) is 38.6 Å². The minimum absolute atomic E-state index is 0.0683. The lowest BCUT2D eigenvalue weighted by Crippen LogP contribution is -2.37. The number of fused-ring (bicyclic) bond motifs is 1. The Bertz CT molecular complexity index is 1010. The number of nitrogens with one attached hydrogen (secondary N) is 1. The Morgan fingerprint density at radius 3 is 2.43 bits per heavy atom. The van der Waals surface area contributed by atoms with Crippen molar-refractivity contribution in [1.29, 1.82) is 0 Å². The van der Waals surface area contributed by atoms with Crippen LogP contribution in [0.5, 0.6) is 0 Å². The Balaban J connectivity index is 1.91. The molecular weight excluding hydrogens is 374 g/mol. The van der Waals surface area contributed by atoms with Crippen LogP contribution in [0.25, 0.3) is 0 Å². The predicted octanol–water partition coefficient (Wildman–Crippen LogP) is 3.76. The van der Waals surface area contributed by atoms with Gasteiger partial charge in [0.05, 0.1) is 11.7 Å². The molecule has 148 valence electrons. The molecule has 28 heavy (non-hydrogen) atoms. The minimum atomic E-state index is -3.83. The van der Waals surface area contributed by atoms with Crippen molar-refractivity contribution in [2.24, 2.45) is 10.3 Å². The number of carbonyl (C=O) groups excluding carboxylic acids is 1. The molecule has 1 atom stereocenters. The molecule has 1 aliphatic rings. The van der Waals surface area contributed by atoms with Crippen LogP contribution in [0.1, 0.15) is 49.7 Å². The number of amidine groups is 1. The summed E-state index contributed by atoms with van der Waals surface area (Å²) in [6.07, 6.45) is 0. The molecule has 0 saturated heterocycles. The number of benzene rings is 2. The molecule has 0 aromatic heterocycles. The molecule has 7 heteroatoms. The lowest BCUT2D eigenvalue weighted by Gasteiger charge is -2.31. The van der Waals surface area contributed by atoms with Gasteiger partial charge in [0.2, 0.25) is 0 Å². The van der Waals surface area contributed by atoms with Crippen LogP contribution in [0.2, 0.25) is 0 Å². The van der Waals surface area contributed by atoms with Crippen molar-refractivity contribution >= 4 is 27.5 Å². The van der Waals surface area contributed by atoms with Gasteiger partial charge < -0.3 is 10.2 Å². The molecule has 0 fully saturated rings. The second kappa shape index (κ2) is 7.75. The van der Waals surface area contributed by atoms with Crippen molar-refractivity contribution < 1.29 is 13.2 Å². The number of carbonyl (C=O) groups is 1. The maximum absolute atomic E-state index is 12.7. The fraction of sp³-hybridized carbons (Fsp3) is 0.333. The Kier molecular flexibility index (Phi) is 5.56. The summed E-state index contributed by atoms with van der Waals surface area (Å²) in [5.41, 5.74) is 1.84. The minimum Gasteiger partial charge on any atom is -0.346 e. The summed E-state index contributed by atoms with van der Waals surface area (Å²) in [7, 11) is -3.83. The maximum Gasteiger partial charge on any atom is 0.286 e. The summed E-state index contributed by atoms with van der Waals surface area (Å²) in [5.74, 6) is 0.445. The van der Waals surface area contributed by atoms with Gasteiger partial charge in [-0.3, -0.25) is 4.79 Å². The lowest BCUT2D eigenvalue weighted by molar-refractivity contribution is 0.0939. The number of sulfonamides is 1. The van der Waals surface area contributed by atoms with Crippen LogP contribution in [0.3, 0.4) is 0 Å². The zero-order chi connectivity index (χ0) is 20.5. The van der Waals surface area contributed by atoms with E-state index in [9.17, 15) is 13.2 Å². The average Bonchev–Trinajstić information content (AvgIpc) is 2.65. The third kappa shape index (κ3) is 4.09. The zero-order valence-corrected chi connectivity index (χ0v) is 17.3. The van der Waals surface area contributed by atoms with E-state index >= 15 is 0 Å². The Labute approximate surface area is 166 Å². The normalized spacial score (nSPS) is 16.3. The number of anilines is 1. The number of amides is 1. The van der Waals surface area contributed by atoms with Crippen molar-refractivity contribution in [3.63, 3.8) is 0 Å². The molecule has 2 aromatic carbocycles. The Hall–Kier alpha value is -2.67. The van der Waals surface area contributed by atoms with Crippen LogP contribution >= 0.6 is 0 Å². The molecule has 0 bridgehead atoms. The molecule has 1 amide bonds. The maximum atomic E-state index is 12.7. The van der Waals surface area contributed by atoms with Gasteiger partial charge >= 0.3 is 0 Å². The molecule has 0 radical (unpaired) electrons.